The molecule has 42 heavy (non-hydrogen) atoms. The average molecular weight is 592 g/mol. The number of esters is 1. The minimum absolute atomic E-state index is 0.00229. The summed E-state index contributed by atoms with van der Waals surface area (Å²) >= 11 is 6.17. The van der Waals surface area contributed by atoms with Crippen LogP contribution in [0.25, 0.3) is 0 Å². The lowest BCUT2D eigenvalue weighted by Gasteiger charge is -2.24. The highest BCUT2D eigenvalue weighted by Crippen LogP contribution is 2.36. The third-order valence-electron chi connectivity index (χ3n) is 6.71. The summed E-state index contributed by atoms with van der Waals surface area (Å²) in [5, 5.41) is 16.4. The quantitative estimate of drug-likeness (QED) is 0.328. The van der Waals surface area contributed by atoms with Crippen LogP contribution in [0.2, 0.25) is 5.02 Å². The first-order chi connectivity index (χ1) is 19.8. The van der Waals surface area contributed by atoms with Crippen LogP contribution in [0.4, 0.5) is 11.4 Å². The summed E-state index contributed by atoms with van der Waals surface area (Å²) in [4.78, 5) is 54.1. The molecule has 1 heterocycles. The van der Waals surface area contributed by atoms with E-state index in [1.54, 1.807) is 69.0 Å². The van der Waals surface area contributed by atoms with Crippen molar-refractivity contribution >= 4 is 46.7 Å². The number of carbonyl (C=O) groups excluding carboxylic acids is 4. The zero-order valence-corrected chi connectivity index (χ0v) is 24.7. The van der Waals surface area contributed by atoms with E-state index < -0.39 is 41.9 Å². The number of hydrogen-bond acceptors (Lipinski definition) is 6. The molecular formula is C32H34ClN3O6. The van der Waals surface area contributed by atoms with Crippen LogP contribution in [-0.2, 0) is 9.53 Å². The molecule has 1 aliphatic rings. The molecule has 0 aliphatic carbocycles. The Kier molecular flexibility index (Phi) is 9.33. The lowest BCUT2D eigenvalue weighted by atomic mass is 10.0. The number of fused-ring (bicyclic) bond motifs is 1. The van der Waals surface area contributed by atoms with Gasteiger partial charge in [-0.25, -0.2) is 0 Å². The molecule has 220 valence electrons. The Morgan fingerprint density at radius 2 is 1.74 bits per heavy atom. The van der Waals surface area contributed by atoms with Crippen molar-refractivity contribution in [2.24, 2.45) is 0 Å². The van der Waals surface area contributed by atoms with Crippen molar-refractivity contribution in [3.63, 3.8) is 0 Å². The molecule has 10 heteroatoms. The summed E-state index contributed by atoms with van der Waals surface area (Å²) in [5.74, 6) is -2.13. The van der Waals surface area contributed by atoms with Gasteiger partial charge in [0.15, 0.2) is 0 Å². The van der Waals surface area contributed by atoms with Crippen LogP contribution < -0.4 is 15.5 Å². The molecule has 3 aromatic rings. The molecule has 0 fully saturated rings. The normalized spacial score (nSPS) is 14.8. The van der Waals surface area contributed by atoms with Crippen molar-refractivity contribution in [2.75, 3.05) is 23.3 Å². The molecular weight excluding hydrogens is 558 g/mol. The summed E-state index contributed by atoms with van der Waals surface area (Å²) < 4.78 is 5.28. The minimum atomic E-state index is -0.773. The van der Waals surface area contributed by atoms with E-state index in [9.17, 15) is 24.3 Å². The number of aliphatic hydroxyl groups is 1. The maximum Gasteiger partial charge on any atom is 0.325 e. The third kappa shape index (κ3) is 7.35. The Balaban J connectivity index is 1.68. The van der Waals surface area contributed by atoms with Crippen LogP contribution >= 0.6 is 11.6 Å². The van der Waals surface area contributed by atoms with Gasteiger partial charge in [0.25, 0.3) is 17.7 Å². The molecule has 1 atom stereocenters. The molecule has 4 rings (SSSR count). The first-order valence-corrected chi connectivity index (χ1v) is 14.0. The molecule has 9 nitrogen and oxygen atoms in total. The van der Waals surface area contributed by atoms with Crippen molar-refractivity contribution in [2.45, 2.75) is 52.2 Å². The van der Waals surface area contributed by atoms with E-state index in [2.05, 4.69) is 10.6 Å². The lowest BCUT2D eigenvalue weighted by molar-refractivity contribution is -0.153. The molecule has 3 aromatic carbocycles. The molecule has 3 N–H and O–H groups in total. The van der Waals surface area contributed by atoms with E-state index in [0.717, 1.165) is 5.56 Å². The molecule has 1 aliphatic heterocycles. The topological polar surface area (TPSA) is 125 Å². The molecule has 0 spiro atoms. The van der Waals surface area contributed by atoms with Gasteiger partial charge in [-0.15, -0.1) is 0 Å². The monoisotopic (exact) mass is 591 g/mol. The fourth-order valence-electron chi connectivity index (χ4n) is 4.74. The number of nitrogens with one attached hydrogen (secondary N) is 2. The van der Waals surface area contributed by atoms with Crippen molar-refractivity contribution < 1.29 is 29.0 Å². The number of rotatable bonds is 6. The number of carbonyl (C=O) groups is 4. The fourth-order valence-corrected chi connectivity index (χ4v) is 4.92. The van der Waals surface area contributed by atoms with Gasteiger partial charge in [0, 0.05) is 33.9 Å². The largest absolute Gasteiger partial charge is 0.459 e. The Labute approximate surface area is 249 Å². The molecule has 3 amide bonds. The third-order valence-corrected chi connectivity index (χ3v) is 6.94. The summed E-state index contributed by atoms with van der Waals surface area (Å²) in [6.45, 7) is 6.89. The van der Waals surface area contributed by atoms with Gasteiger partial charge >= 0.3 is 5.97 Å². The maximum atomic E-state index is 13.8. The number of benzene rings is 3. The van der Waals surface area contributed by atoms with Crippen LogP contribution in [0, 0.1) is 6.92 Å². The minimum Gasteiger partial charge on any atom is -0.459 e. The van der Waals surface area contributed by atoms with Gasteiger partial charge in [-0.2, -0.15) is 0 Å². The Morgan fingerprint density at radius 3 is 2.45 bits per heavy atom. The van der Waals surface area contributed by atoms with Crippen LogP contribution in [0.1, 0.15) is 81.9 Å². The summed E-state index contributed by atoms with van der Waals surface area (Å²) in [5.41, 5.74) is 1.87. The molecule has 0 radical (unpaired) electrons. The van der Waals surface area contributed by atoms with Crippen molar-refractivity contribution in [1.29, 1.82) is 0 Å². The molecule has 1 unspecified atom stereocenters. The van der Waals surface area contributed by atoms with Crippen molar-refractivity contribution in [3.8, 4) is 0 Å². The number of anilines is 2. The number of ether oxygens (including phenoxy) is 1. The second-order valence-electron chi connectivity index (χ2n) is 11.1. The van der Waals surface area contributed by atoms with Crippen LogP contribution in [-0.4, -0.2) is 47.5 Å². The number of aryl methyl sites for hydroxylation is 1. The van der Waals surface area contributed by atoms with E-state index >= 15 is 0 Å². The highest BCUT2D eigenvalue weighted by molar-refractivity contribution is 6.30. The summed E-state index contributed by atoms with van der Waals surface area (Å²) in [6, 6.07) is 16.4. The maximum absolute atomic E-state index is 13.8. The first-order valence-electron chi connectivity index (χ1n) is 13.6. The Bertz CT molecular complexity index is 1530. The molecule has 0 saturated carbocycles. The zero-order chi connectivity index (χ0) is 30.6. The first kappa shape index (κ1) is 30.7. The number of amides is 3. The van der Waals surface area contributed by atoms with Crippen LogP contribution in [0.5, 0.6) is 0 Å². The highest BCUT2D eigenvalue weighted by atomic mass is 35.5. The van der Waals surface area contributed by atoms with E-state index in [-0.39, 0.29) is 16.8 Å². The smallest absolute Gasteiger partial charge is 0.325 e. The van der Waals surface area contributed by atoms with Gasteiger partial charge in [0.2, 0.25) is 0 Å². The Hall–Kier alpha value is -4.21. The van der Waals surface area contributed by atoms with Gasteiger partial charge in [0.05, 0.1) is 17.4 Å². The predicted octanol–water partition coefficient (Wildman–Crippen LogP) is 5.45. The second-order valence-corrected chi connectivity index (χ2v) is 11.6. The summed E-state index contributed by atoms with van der Waals surface area (Å²) in [7, 11) is 0. The standard InChI is InChI=1S/C32H34ClN3O6/c1-19-8-5-6-9-22(19)30(40)35-25-13-11-20(16-23(25)29(39)34-18-28(38)42-32(2,3)4)31(41)36-15-7-10-27(37)24-17-21(33)12-14-26(24)36/h5-6,8-9,11-14,16-17,27,37H,7,10,15,18H2,1-4H3,(H,34,39)(H,35,40). The summed E-state index contributed by atoms with van der Waals surface area (Å²) in [6.07, 6.45) is 0.233. The number of aliphatic hydroxyl groups excluding tert-OH is 1. The van der Waals surface area contributed by atoms with Gasteiger partial charge in [0.1, 0.15) is 12.1 Å². The van der Waals surface area contributed by atoms with E-state index in [1.165, 1.54) is 18.2 Å². The predicted molar refractivity (Wildman–Crippen MR) is 161 cm³/mol. The SMILES string of the molecule is Cc1ccccc1C(=O)Nc1ccc(C(=O)N2CCCC(O)c3cc(Cl)ccc32)cc1C(=O)NCC(=O)OC(C)(C)C. The highest BCUT2D eigenvalue weighted by Gasteiger charge is 2.28. The molecule has 0 saturated heterocycles. The zero-order valence-electron chi connectivity index (χ0n) is 24.0. The fraction of sp³-hybridized carbons (Fsp3) is 0.312. The average Bonchev–Trinajstić information content (AvgIpc) is 3.09. The molecule has 0 bridgehead atoms. The van der Waals surface area contributed by atoms with Crippen LogP contribution in [0.15, 0.2) is 60.7 Å². The molecule has 0 aromatic heterocycles. The number of nitrogens with zero attached hydrogens (tertiary/aromatic N) is 1. The van der Waals surface area contributed by atoms with Gasteiger partial charge in [-0.05, 0) is 88.6 Å². The van der Waals surface area contributed by atoms with Crippen LogP contribution in [0.3, 0.4) is 0 Å². The Morgan fingerprint density at radius 1 is 1.00 bits per heavy atom. The number of halogens is 1. The second kappa shape index (κ2) is 12.8. The van der Waals surface area contributed by atoms with Gasteiger partial charge in [-0.1, -0.05) is 29.8 Å². The lowest BCUT2D eigenvalue weighted by Crippen LogP contribution is -2.35. The van der Waals surface area contributed by atoms with Gasteiger partial charge in [-0.3, -0.25) is 19.2 Å². The van der Waals surface area contributed by atoms with Crippen molar-refractivity contribution in [1.82, 2.24) is 5.32 Å². The van der Waals surface area contributed by atoms with Gasteiger partial charge < -0.3 is 25.4 Å². The van der Waals surface area contributed by atoms with E-state index in [1.807, 2.05) is 6.07 Å². The van der Waals surface area contributed by atoms with Crippen molar-refractivity contribution in [3.05, 3.63) is 93.5 Å². The number of hydrogen-bond donors (Lipinski definition) is 3. The van der Waals surface area contributed by atoms with E-state index in [0.29, 0.717) is 41.2 Å². The van der Waals surface area contributed by atoms with E-state index in [4.69, 9.17) is 16.3 Å².